The van der Waals surface area contributed by atoms with E-state index in [4.69, 9.17) is 15.2 Å². The molecule has 0 spiro atoms. The van der Waals surface area contributed by atoms with Crippen molar-refractivity contribution in [3.63, 3.8) is 0 Å². The molecule has 1 amide bonds. The lowest BCUT2D eigenvalue weighted by Crippen LogP contribution is -2.40. The lowest BCUT2D eigenvalue weighted by Gasteiger charge is -2.31. The quantitative estimate of drug-likeness (QED) is 0.818. The number of benzene rings is 1. The van der Waals surface area contributed by atoms with E-state index >= 15 is 0 Å². The van der Waals surface area contributed by atoms with Crippen molar-refractivity contribution in [2.75, 3.05) is 33.4 Å². The number of halogens is 1. The highest BCUT2D eigenvalue weighted by atomic mass is 79.9. The largest absolute Gasteiger partial charge is 0.493 e. The number of hydrogen-bond acceptors (Lipinski definition) is 4. The number of piperidine rings is 1. The van der Waals surface area contributed by atoms with Gasteiger partial charge in [0.2, 0.25) is 0 Å². The van der Waals surface area contributed by atoms with Gasteiger partial charge in [0, 0.05) is 18.7 Å². The molecular weight excluding hydrogens is 360 g/mol. The average Bonchev–Trinajstić information content (AvgIpc) is 2.59. The summed E-state index contributed by atoms with van der Waals surface area (Å²) in [5.74, 6) is 1.78. The summed E-state index contributed by atoms with van der Waals surface area (Å²) in [5, 5.41) is 0. The number of carbonyl (C=O) groups excluding carboxylic acids is 1. The monoisotopic (exact) mass is 384 g/mol. The minimum Gasteiger partial charge on any atom is -0.493 e. The predicted molar refractivity (Wildman–Crippen MR) is 94.2 cm³/mol. The Morgan fingerprint density at radius 3 is 2.65 bits per heavy atom. The number of ether oxygens (including phenoxy) is 2. The summed E-state index contributed by atoms with van der Waals surface area (Å²) in [5.41, 5.74) is 6.32. The molecule has 23 heavy (non-hydrogen) atoms. The highest BCUT2D eigenvalue weighted by Gasteiger charge is 2.24. The Morgan fingerprint density at radius 2 is 2.09 bits per heavy atom. The van der Waals surface area contributed by atoms with Crippen LogP contribution < -0.4 is 15.2 Å². The summed E-state index contributed by atoms with van der Waals surface area (Å²) in [4.78, 5) is 14.6. The molecule has 6 heteroatoms. The third kappa shape index (κ3) is 4.38. The normalized spacial score (nSPS) is 15.6. The maximum absolute atomic E-state index is 12.7. The molecule has 0 bridgehead atoms. The van der Waals surface area contributed by atoms with Crippen molar-refractivity contribution < 1.29 is 14.3 Å². The van der Waals surface area contributed by atoms with E-state index in [1.54, 1.807) is 13.2 Å². The van der Waals surface area contributed by atoms with Crippen LogP contribution in [0.15, 0.2) is 16.6 Å². The lowest BCUT2D eigenvalue weighted by molar-refractivity contribution is 0.0693. The minimum atomic E-state index is 0.0292. The molecule has 128 valence electrons. The van der Waals surface area contributed by atoms with E-state index in [0.29, 0.717) is 36.1 Å². The van der Waals surface area contributed by atoms with E-state index in [-0.39, 0.29) is 5.91 Å². The van der Waals surface area contributed by atoms with Gasteiger partial charge in [-0.3, -0.25) is 4.79 Å². The Balaban J connectivity index is 2.16. The van der Waals surface area contributed by atoms with E-state index in [9.17, 15) is 4.79 Å². The van der Waals surface area contributed by atoms with Gasteiger partial charge in [0.05, 0.1) is 18.2 Å². The van der Waals surface area contributed by atoms with Crippen molar-refractivity contribution in [3.8, 4) is 11.5 Å². The van der Waals surface area contributed by atoms with Gasteiger partial charge >= 0.3 is 0 Å². The van der Waals surface area contributed by atoms with Gasteiger partial charge in [-0.05, 0) is 59.8 Å². The second-order valence-electron chi connectivity index (χ2n) is 5.81. The summed E-state index contributed by atoms with van der Waals surface area (Å²) in [6.45, 7) is 4.87. The molecule has 1 fully saturated rings. The molecule has 2 N–H and O–H groups in total. The molecule has 0 aliphatic carbocycles. The Labute approximate surface area is 146 Å². The molecule has 1 aliphatic heterocycles. The topological polar surface area (TPSA) is 64.8 Å². The zero-order chi connectivity index (χ0) is 16.8. The van der Waals surface area contributed by atoms with E-state index in [1.807, 2.05) is 17.9 Å². The number of hydrogen-bond donors (Lipinski definition) is 1. The van der Waals surface area contributed by atoms with Gasteiger partial charge in [0.1, 0.15) is 0 Å². The number of methoxy groups -OCH3 is 1. The minimum absolute atomic E-state index is 0.0292. The van der Waals surface area contributed by atoms with Crippen LogP contribution in [0.5, 0.6) is 11.5 Å². The fraction of sp³-hybridized carbons (Fsp3) is 0.588. The zero-order valence-electron chi connectivity index (χ0n) is 13.8. The summed E-state index contributed by atoms with van der Waals surface area (Å²) in [7, 11) is 1.58. The number of amides is 1. The Hall–Kier alpha value is -1.27. The van der Waals surface area contributed by atoms with Crippen LogP contribution in [0.3, 0.4) is 0 Å². The number of likely N-dealkylation sites (tertiary alicyclic amines) is 1. The molecule has 1 aliphatic rings. The Bertz CT molecular complexity index is 543. The SMILES string of the molecule is CCCOc1c(Br)cc(C(=O)N2CCC(CN)CC2)cc1OC. The molecule has 1 aromatic carbocycles. The highest BCUT2D eigenvalue weighted by molar-refractivity contribution is 9.10. The predicted octanol–water partition coefficient (Wildman–Crippen LogP) is 3.06. The summed E-state index contributed by atoms with van der Waals surface area (Å²) < 4.78 is 11.8. The highest BCUT2D eigenvalue weighted by Crippen LogP contribution is 2.37. The van der Waals surface area contributed by atoms with Gasteiger partial charge in [0.15, 0.2) is 11.5 Å². The second-order valence-corrected chi connectivity index (χ2v) is 6.66. The van der Waals surface area contributed by atoms with Crippen LogP contribution in [0.25, 0.3) is 0 Å². The number of carbonyl (C=O) groups is 1. The lowest BCUT2D eigenvalue weighted by atomic mass is 9.96. The molecule has 1 heterocycles. The smallest absolute Gasteiger partial charge is 0.254 e. The summed E-state index contributed by atoms with van der Waals surface area (Å²) in [6.07, 6.45) is 2.85. The van der Waals surface area contributed by atoms with Crippen LogP contribution in [-0.4, -0.2) is 44.2 Å². The first-order valence-electron chi connectivity index (χ1n) is 8.10. The van der Waals surface area contributed by atoms with Crippen molar-refractivity contribution in [1.82, 2.24) is 4.90 Å². The molecule has 1 saturated heterocycles. The summed E-state index contributed by atoms with van der Waals surface area (Å²) >= 11 is 3.49. The molecule has 5 nitrogen and oxygen atoms in total. The van der Waals surface area contributed by atoms with Crippen molar-refractivity contribution >= 4 is 21.8 Å². The third-order valence-electron chi connectivity index (χ3n) is 4.16. The van der Waals surface area contributed by atoms with Crippen LogP contribution in [0, 0.1) is 5.92 Å². The maximum Gasteiger partial charge on any atom is 0.254 e. The van der Waals surface area contributed by atoms with E-state index in [0.717, 1.165) is 36.8 Å². The van der Waals surface area contributed by atoms with Crippen LogP contribution in [0.2, 0.25) is 0 Å². The Kier molecular flexibility index (Phi) is 6.72. The first kappa shape index (κ1) is 18.1. The van der Waals surface area contributed by atoms with Crippen molar-refractivity contribution in [1.29, 1.82) is 0 Å². The first-order chi connectivity index (χ1) is 11.1. The fourth-order valence-electron chi connectivity index (χ4n) is 2.74. The molecule has 0 saturated carbocycles. The molecule has 0 radical (unpaired) electrons. The van der Waals surface area contributed by atoms with Crippen LogP contribution in [-0.2, 0) is 0 Å². The van der Waals surface area contributed by atoms with Gasteiger partial charge in [-0.2, -0.15) is 0 Å². The van der Waals surface area contributed by atoms with E-state index in [1.165, 1.54) is 0 Å². The first-order valence-corrected chi connectivity index (χ1v) is 8.89. The summed E-state index contributed by atoms with van der Waals surface area (Å²) in [6, 6.07) is 3.57. The molecule has 1 aromatic rings. The average molecular weight is 385 g/mol. The molecule has 0 aromatic heterocycles. The molecular formula is C17H25BrN2O3. The number of nitrogens with two attached hydrogens (primary N) is 1. The standard InChI is InChI=1S/C17H25BrN2O3/c1-3-8-23-16-14(18)9-13(10-15(16)22-2)17(21)20-6-4-12(11-19)5-7-20/h9-10,12H,3-8,11,19H2,1-2H3. The van der Waals surface area contributed by atoms with Crippen molar-refractivity contribution in [3.05, 3.63) is 22.2 Å². The maximum atomic E-state index is 12.7. The number of rotatable bonds is 6. The van der Waals surface area contributed by atoms with E-state index < -0.39 is 0 Å². The third-order valence-corrected chi connectivity index (χ3v) is 4.75. The van der Waals surface area contributed by atoms with Gasteiger partial charge in [-0.15, -0.1) is 0 Å². The molecule has 2 rings (SSSR count). The van der Waals surface area contributed by atoms with Gasteiger partial charge in [-0.25, -0.2) is 0 Å². The fourth-order valence-corrected chi connectivity index (χ4v) is 3.30. The van der Waals surface area contributed by atoms with Crippen LogP contribution >= 0.6 is 15.9 Å². The van der Waals surface area contributed by atoms with Crippen molar-refractivity contribution in [2.24, 2.45) is 11.7 Å². The molecule has 0 unspecified atom stereocenters. The van der Waals surface area contributed by atoms with E-state index in [2.05, 4.69) is 15.9 Å². The van der Waals surface area contributed by atoms with Crippen LogP contribution in [0.4, 0.5) is 0 Å². The van der Waals surface area contributed by atoms with Gasteiger partial charge < -0.3 is 20.1 Å². The van der Waals surface area contributed by atoms with Crippen LogP contribution in [0.1, 0.15) is 36.5 Å². The second kappa shape index (κ2) is 8.55. The van der Waals surface area contributed by atoms with Gasteiger partial charge in [-0.1, -0.05) is 6.92 Å². The molecule has 0 atom stereocenters. The number of nitrogens with zero attached hydrogens (tertiary/aromatic N) is 1. The zero-order valence-corrected chi connectivity index (χ0v) is 15.4. The van der Waals surface area contributed by atoms with Crippen molar-refractivity contribution in [2.45, 2.75) is 26.2 Å². The Morgan fingerprint density at radius 1 is 1.39 bits per heavy atom. The van der Waals surface area contributed by atoms with Gasteiger partial charge in [0.25, 0.3) is 5.91 Å².